The summed E-state index contributed by atoms with van der Waals surface area (Å²) < 4.78 is 0. The molecule has 2 N–H and O–H groups in total. The molecule has 1 fully saturated rings. The van der Waals surface area contributed by atoms with Gasteiger partial charge >= 0.3 is 0 Å². The molecule has 3 nitrogen and oxygen atoms in total. The van der Waals surface area contributed by atoms with Crippen molar-refractivity contribution >= 4 is 16.5 Å². The lowest BCUT2D eigenvalue weighted by Gasteiger charge is -2.20. The predicted octanol–water partition coefficient (Wildman–Crippen LogP) is 4.50. The summed E-state index contributed by atoms with van der Waals surface area (Å²) in [6.45, 7) is 4.18. The van der Waals surface area contributed by atoms with Gasteiger partial charge in [-0.05, 0) is 18.8 Å². The summed E-state index contributed by atoms with van der Waals surface area (Å²) in [5.41, 5.74) is 0. The van der Waals surface area contributed by atoms with Crippen molar-refractivity contribution in [2.45, 2.75) is 70.8 Å². The molecule has 18 heavy (non-hydrogen) atoms. The molecule has 2 rings (SSSR count). The molecule has 0 atom stereocenters. The van der Waals surface area contributed by atoms with E-state index >= 15 is 0 Å². The molecule has 1 aromatic rings. The van der Waals surface area contributed by atoms with Crippen LogP contribution in [-0.4, -0.2) is 16.1 Å². The number of aromatic nitrogens is 1. The van der Waals surface area contributed by atoms with Crippen LogP contribution in [0.4, 0.5) is 5.13 Å². The van der Waals surface area contributed by atoms with Gasteiger partial charge in [-0.25, -0.2) is 0 Å². The van der Waals surface area contributed by atoms with Crippen molar-refractivity contribution < 1.29 is 5.11 Å². The maximum atomic E-state index is 9.79. The number of hydrogen-bond acceptors (Lipinski definition) is 4. The van der Waals surface area contributed by atoms with Crippen LogP contribution < -0.4 is 5.32 Å². The first-order valence-corrected chi connectivity index (χ1v) is 7.94. The Kier molecular flexibility index (Phi) is 4.87. The van der Waals surface area contributed by atoms with E-state index in [9.17, 15) is 5.11 Å². The molecule has 4 heteroatoms. The molecule has 1 aliphatic carbocycles. The molecule has 1 aromatic heterocycles. The number of hydrogen-bond donors (Lipinski definition) is 2. The van der Waals surface area contributed by atoms with Gasteiger partial charge in [0.1, 0.15) is 0 Å². The van der Waals surface area contributed by atoms with E-state index in [-0.39, 0.29) is 5.88 Å². The lowest BCUT2D eigenvalue weighted by atomic mass is 9.97. The van der Waals surface area contributed by atoms with E-state index in [0.717, 1.165) is 10.0 Å². The number of nitrogens with one attached hydrogen (secondary N) is 1. The molecule has 1 saturated carbocycles. The molecular formula is C14H24N2OS. The summed E-state index contributed by atoms with van der Waals surface area (Å²) in [5.74, 6) is 0.554. The van der Waals surface area contributed by atoms with Crippen LogP contribution in [0.25, 0.3) is 0 Å². The first-order valence-electron chi connectivity index (χ1n) is 7.13. The standard InChI is InChI=1S/C14H24N2OS/c1-10(2)12-13(17)16-14(18-12)15-11-8-6-4-3-5-7-9-11/h10-11,17H,3-9H2,1-2H3,(H,15,16). The van der Waals surface area contributed by atoms with Crippen LogP contribution >= 0.6 is 11.3 Å². The van der Waals surface area contributed by atoms with E-state index in [2.05, 4.69) is 24.1 Å². The molecular weight excluding hydrogens is 244 g/mol. The second-order valence-electron chi connectivity index (χ2n) is 5.55. The van der Waals surface area contributed by atoms with Crippen molar-refractivity contribution in [3.8, 4) is 5.88 Å². The van der Waals surface area contributed by atoms with Crippen molar-refractivity contribution in [2.24, 2.45) is 0 Å². The van der Waals surface area contributed by atoms with Gasteiger partial charge < -0.3 is 10.4 Å². The van der Waals surface area contributed by atoms with Gasteiger partial charge in [-0.2, -0.15) is 4.98 Å². The molecule has 0 aliphatic heterocycles. The molecule has 0 amide bonds. The smallest absolute Gasteiger partial charge is 0.227 e. The third-order valence-corrected chi connectivity index (χ3v) is 4.87. The van der Waals surface area contributed by atoms with Gasteiger partial charge in [0.15, 0.2) is 5.13 Å². The maximum absolute atomic E-state index is 9.79. The Labute approximate surface area is 114 Å². The third-order valence-electron chi connectivity index (χ3n) is 3.59. The average molecular weight is 268 g/mol. The zero-order valence-corrected chi connectivity index (χ0v) is 12.2. The Morgan fingerprint density at radius 1 is 1.17 bits per heavy atom. The first-order chi connectivity index (χ1) is 8.66. The zero-order chi connectivity index (χ0) is 13.0. The number of thiazole rings is 1. The van der Waals surface area contributed by atoms with Crippen molar-refractivity contribution in [3.05, 3.63) is 4.88 Å². The highest BCUT2D eigenvalue weighted by molar-refractivity contribution is 7.16. The number of aromatic hydroxyl groups is 1. The second kappa shape index (κ2) is 6.41. The van der Waals surface area contributed by atoms with Gasteiger partial charge in [-0.1, -0.05) is 57.3 Å². The lowest BCUT2D eigenvalue weighted by molar-refractivity contribution is 0.447. The third kappa shape index (κ3) is 3.61. The highest BCUT2D eigenvalue weighted by Gasteiger charge is 2.16. The number of nitrogens with zero attached hydrogens (tertiary/aromatic N) is 1. The van der Waals surface area contributed by atoms with Crippen LogP contribution in [-0.2, 0) is 0 Å². The molecule has 0 aromatic carbocycles. The van der Waals surface area contributed by atoms with E-state index in [1.54, 1.807) is 11.3 Å². The van der Waals surface area contributed by atoms with Crippen molar-refractivity contribution in [3.63, 3.8) is 0 Å². The Morgan fingerprint density at radius 3 is 2.33 bits per heavy atom. The largest absolute Gasteiger partial charge is 0.492 e. The minimum Gasteiger partial charge on any atom is -0.492 e. The van der Waals surface area contributed by atoms with E-state index in [1.807, 2.05) is 0 Å². The van der Waals surface area contributed by atoms with Gasteiger partial charge in [0.2, 0.25) is 5.88 Å². The minimum atomic E-state index is 0.211. The Morgan fingerprint density at radius 2 is 1.78 bits per heavy atom. The summed E-state index contributed by atoms with van der Waals surface area (Å²) in [6, 6.07) is 0.538. The summed E-state index contributed by atoms with van der Waals surface area (Å²) in [4.78, 5) is 5.23. The van der Waals surface area contributed by atoms with Gasteiger partial charge in [-0.3, -0.25) is 0 Å². The molecule has 0 radical (unpaired) electrons. The number of rotatable bonds is 3. The maximum Gasteiger partial charge on any atom is 0.227 e. The summed E-state index contributed by atoms with van der Waals surface area (Å²) in [7, 11) is 0. The fourth-order valence-electron chi connectivity index (χ4n) is 2.54. The molecule has 1 heterocycles. The molecule has 0 saturated heterocycles. The lowest BCUT2D eigenvalue weighted by Crippen LogP contribution is -2.20. The average Bonchev–Trinajstić information content (AvgIpc) is 2.63. The normalized spacial score (nSPS) is 18.6. The summed E-state index contributed by atoms with van der Waals surface area (Å²) >= 11 is 1.60. The fraction of sp³-hybridized carbons (Fsp3) is 0.786. The molecule has 1 aliphatic rings. The van der Waals surface area contributed by atoms with E-state index in [4.69, 9.17) is 0 Å². The first kappa shape index (κ1) is 13.7. The van der Waals surface area contributed by atoms with Crippen LogP contribution in [0.5, 0.6) is 5.88 Å². The van der Waals surface area contributed by atoms with Crippen LogP contribution in [0.1, 0.15) is 69.6 Å². The molecule has 0 bridgehead atoms. The SMILES string of the molecule is CC(C)c1sc(NC2CCCCCCC2)nc1O. The predicted molar refractivity (Wildman–Crippen MR) is 77.6 cm³/mol. The topological polar surface area (TPSA) is 45.2 Å². The second-order valence-corrected chi connectivity index (χ2v) is 6.58. The quantitative estimate of drug-likeness (QED) is 0.848. The van der Waals surface area contributed by atoms with E-state index < -0.39 is 0 Å². The van der Waals surface area contributed by atoms with Gasteiger partial charge in [0.05, 0.1) is 4.88 Å². The molecule has 0 unspecified atom stereocenters. The zero-order valence-electron chi connectivity index (χ0n) is 11.4. The van der Waals surface area contributed by atoms with E-state index in [0.29, 0.717) is 12.0 Å². The number of anilines is 1. The molecule has 0 spiro atoms. The van der Waals surface area contributed by atoms with Crippen LogP contribution in [0.15, 0.2) is 0 Å². The van der Waals surface area contributed by atoms with Crippen LogP contribution in [0.3, 0.4) is 0 Å². The van der Waals surface area contributed by atoms with Crippen molar-refractivity contribution in [2.75, 3.05) is 5.32 Å². The monoisotopic (exact) mass is 268 g/mol. The van der Waals surface area contributed by atoms with Gasteiger partial charge in [0, 0.05) is 6.04 Å². The van der Waals surface area contributed by atoms with Crippen molar-refractivity contribution in [1.82, 2.24) is 4.98 Å². The highest BCUT2D eigenvalue weighted by Crippen LogP contribution is 2.34. The summed E-state index contributed by atoms with van der Waals surface area (Å²) in [5, 5.41) is 14.2. The van der Waals surface area contributed by atoms with Crippen LogP contribution in [0, 0.1) is 0 Å². The van der Waals surface area contributed by atoms with E-state index in [1.165, 1.54) is 44.9 Å². The Bertz CT molecular complexity index is 368. The van der Waals surface area contributed by atoms with Crippen LogP contribution in [0.2, 0.25) is 0 Å². The summed E-state index contributed by atoms with van der Waals surface area (Å²) in [6.07, 6.45) is 9.20. The Balaban J connectivity index is 1.97. The van der Waals surface area contributed by atoms with Gasteiger partial charge in [0.25, 0.3) is 0 Å². The highest BCUT2D eigenvalue weighted by atomic mass is 32.1. The fourth-order valence-corrected chi connectivity index (χ4v) is 3.48. The van der Waals surface area contributed by atoms with Gasteiger partial charge in [-0.15, -0.1) is 0 Å². The molecule has 102 valence electrons. The Hall–Kier alpha value is -0.770. The minimum absolute atomic E-state index is 0.211. The van der Waals surface area contributed by atoms with Crippen molar-refractivity contribution in [1.29, 1.82) is 0 Å².